The normalized spacial score (nSPS) is 13.6. The molecule has 1 aliphatic rings. The van der Waals surface area contributed by atoms with Gasteiger partial charge >= 0.3 is 0 Å². The highest BCUT2D eigenvalue weighted by Crippen LogP contribution is 2.56. The van der Waals surface area contributed by atoms with Crippen molar-refractivity contribution in [2.45, 2.75) is 72.8 Å². The smallest absolute Gasteiger partial charge is 0.263 e. The number of amides is 3. The van der Waals surface area contributed by atoms with Crippen molar-refractivity contribution in [3.05, 3.63) is 119 Å². The van der Waals surface area contributed by atoms with E-state index in [9.17, 15) is 14.4 Å². The average molecular weight is 620 g/mol. The van der Waals surface area contributed by atoms with Gasteiger partial charge in [-0.15, -0.1) is 0 Å². The van der Waals surface area contributed by atoms with E-state index in [0.717, 1.165) is 25.4 Å². The molecule has 4 aromatic carbocycles. The van der Waals surface area contributed by atoms with Crippen LogP contribution in [-0.4, -0.2) is 34.8 Å². The zero-order valence-corrected chi connectivity index (χ0v) is 28.0. The Morgan fingerprint density at radius 2 is 1.22 bits per heavy atom. The van der Waals surface area contributed by atoms with Crippen molar-refractivity contribution in [1.82, 2.24) is 4.90 Å². The van der Waals surface area contributed by atoms with Gasteiger partial charge in [0.1, 0.15) is 23.2 Å². The highest BCUT2D eigenvalue weighted by Gasteiger charge is 2.45. The molecular formula is C39H44N2O3P+. The quantitative estimate of drug-likeness (QED) is 0.101. The molecule has 45 heavy (non-hydrogen) atoms. The van der Waals surface area contributed by atoms with Crippen LogP contribution in [0.1, 0.15) is 83.4 Å². The topological polar surface area (TPSA) is 66.5 Å². The minimum atomic E-state index is -1.95. The van der Waals surface area contributed by atoms with Gasteiger partial charge in [-0.3, -0.25) is 19.3 Å². The highest BCUT2D eigenvalue weighted by molar-refractivity contribution is 7.95. The summed E-state index contributed by atoms with van der Waals surface area (Å²) in [5, 5.41) is 7.07. The summed E-state index contributed by atoms with van der Waals surface area (Å²) in [6.45, 7) is 10.2. The third kappa shape index (κ3) is 6.65. The van der Waals surface area contributed by atoms with Crippen LogP contribution >= 0.6 is 7.26 Å². The Hall–Kier alpha value is -4.08. The lowest BCUT2D eigenvalue weighted by atomic mass is 10.1. The molecule has 5 rings (SSSR count). The first-order chi connectivity index (χ1) is 21.6. The predicted octanol–water partition coefficient (Wildman–Crippen LogP) is 7.50. The molecule has 0 saturated carbocycles. The first-order valence-electron chi connectivity index (χ1n) is 16.1. The van der Waals surface area contributed by atoms with Gasteiger partial charge in [0, 0.05) is 12.5 Å². The summed E-state index contributed by atoms with van der Waals surface area (Å²) < 4.78 is 0. The summed E-state index contributed by atoms with van der Waals surface area (Å²) >= 11 is 0. The number of nitrogens with zero attached hydrogens (tertiary/aromatic N) is 1. The largest absolute Gasteiger partial charge is 0.325 e. The molecule has 0 spiro atoms. The SMILES string of the molecule is CCC(C)N1C(=O)c2cccc(NC(=O)CCCCC[P+](c3ccc(C)cc3)(c3ccc(C)cc3)c3ccc(C)cc3)c2C1=O. The van der Waals surface area contributed by atoms with Crippen LogP contribution in [0.2, 0.25) is 0 Å². The number of hydrogen-bond donors (Lipinski definition) is 1. The number of carbonyl (C=O) groups excluding carboxylic acids is 3. The van der Waals surface area contributed by atoms with E-state index in [1.54, 1.807) is 18.2 Å². The van der Waals surface area contributed by atoms with Crippen molar-refractivity contribution in [2.75, 3.05) is 11.5 Å². The second-order valence-electron chi connectivity index (χ2n) is 12.4. The van der Waals surface area contributed by atoms with Gasteiger partial charge < -0.3 is 5.32 Å². The number of hydrogen-bond acceptors (Lipinski definition) is 3. The van der Waals surface area contributed by atoms with Gasteiger partial charge in [0.2, 0.25) is 5.91 Å². The fraction of sp³-hybridized carbons (Fsp3) is 0.308. The Morgan fingerprint density at radius 3 is 1.71 bits per heavy atom. The van der Waals surface area contributed by atoms with Gasteiger partial charge in [-0.25, -0.2) is 0 Å². The molecule has 1 aliphatic heterocycles. The molecule has 1 heterocycles. The zero-order chi connectivity index (χ0) is 32.1. The first kappa shape index (κ1) is 32.3. The fourth-order valence-electron chi connectivity index (χ4n) is 6.25. The molecule has 5 nitrogen and oxygen atoms in total. The lowest BCUT2D eigenvalue weighted by Gasteiger charge is -2.28. The highest BCUT2D eigenvalue weighted by atomic mass is 31.2. The molecule has 0 aliphatic carbocycles. The van der Waals surface area contributed by atoms with Crippen LogP contribution in [0.5, 0.6) is 0 Å². The maximum absolute atomic E-state index is 13.2. The van der Waals surface area contributed by atoms with E-state index in [1.807, 2.05) is 13.8 Å². The lowest BCUT2D eigenvalue weighted by molar-refractivity contribution is -0.116. The molecule has 3 amide bonds. The van der Waals surface area contributed by atoms with Gasteiger partial charge in [0.25, 0.3) is 11.8 Å². The molecule has 0 fully saturated rings. The maximum Gasteiger partial charge on any atom is 0.263 e. The number of imide groups is 1. The van der Waals surface area contributed by atoms with Crippen LogP contribution < -0.4 is 21.2 Å². The minimum Gasteiger partial charge on any atom is -0.325 e. The van der Waals surface area contributed by atoms with Gasteiger partial charge in [-0.05, 0) is 102 Å². The number of unbranched alkanes of at least 4 members (excludes halogenated alkanes) is 2. The van der Waals surface area contributed by atoms with E-state index in [2.05, 4.69) is 98.9 Å². The minimum absolute atomic E-state index is 0.137. The maximum atomic E-state index is 13.2. The van der Waals surface area contributed by atoms with Crippen molar-refractivity contribution in [3.8, 4) is 0 Å². The Kier molecular flexibility index (Phi) is 9.99. The molecule has 0 saturated heterocycles. The van der Waals surface area contributed by atoms with E-state index >= 15 is 0 Å². The average Bonchev–Trinajstić information content (AvgIpc) is 3.30. The van der Waals surface area contributed by atoms with Crippen molar-refractivity contribution in [2.24, 2.45) is 0 Å². The van der Waals surface area contributed by atoms with E-state index in [0.29, 0.717) is 29.7 Å². The summed E-state index contributed by atoms with van der Waals surface area (Å²) in [6.07, 6.45) is 4.67. The molecule has 6 heteroatoms. The van der Waals surface area contributed by atoms with Crippen LogP contribution in [0.15, 0.2) is 91.0 Å². The van der Waals surface area contributed by atoms with Crippen LogP contribution in [0.4, 0.5) is 5.69 Å². The molecular weight excluding hydrogens is 575 g/mol. The number of rotatable bonds is 12. The van der Waals surface area contributed by atoms with Crippen molar-refractivity contribution < 1.29 is 14.4 Å². The summed E-state index contributed by atoms with van der Waals surface area (Å²) in [6, 6.07) is 32.1. The van der Waals surface area contributed by atoms with Crippen LogP contribution in [0, 0.1) is 20.8 Å². The van der Waals surface area contributed by atoms with Crippen LogP contribution in [-0.2, 0) is 4.79 Å². The summed E-state index contributed by atoms with van der Waals surface area (Å²) in [7, 11) is -1.95. The Balaban J connectivity index is 1.31. The molecule has 0 aromatic heterocycles. The molecule has 232 valence electrons. The van der Waals surface area contributed by atoms with Crippen molar-refractivity contribution in [1.29, 1.82) is 0 Å². The van der Waals surface area contributed by atoms with Gasteiger partial charge in [-0.1, -0.05) is 66.1 Å². The van der Waals surface area contributed by atoms with E-state index < -0.39 is 7.26 Å². The number of carbonyl (C=O) groups is 3. The van der Waals surface area contributed by atoms with E-state index in [4.69, 9.17) is 0 Å². The van der Waals surface area contributed by atoms with E-state index in [1.165, 1.54) is 37.5 Å². The third-order valence-corrected chi connectivity index (χ3v) is 13.6. The number of anilines is 1. The molecule has 0 radical (unpaired) electrons. The molecule has 4 aromatic rings. The van der Waals surface area contributed by atoms with Crippen LogP contribution in [0.3, 0.4) is 0 Å². The Morgan fingerprint density at radius 1 is 0.711 bits per heavy atom. The molecule has 1 atom stereocenters. The second-order valence-corrected chi connectivity index (χ2v) is 16.0. The standard InChI is InChI=1S/C39H43N2O3P/c1-6-30(5)41-38(43)34-11-10-12-35(37(34)39(41)44)40-36(42)13-8-7-9-26-45(31-20-14-27(2)15-21-31,32-22-16-28(3)17-23-32)33-24-18-29(4)19-25-33/h10-12,14-25,30H,6-9,13,26H2,1-5H3/p+1. The van der Waals surface area contributed by atoms with E-state index in [-0.39, 0.29) is 23.8 Å². The van der Waals surface area contributed by atoms with Gasteiger partial charge in [0.05, 0.1) is 23.0 Å². The van der Waals surface area contributed by atoms with Gasteiger partial charge in [-0.2, -0.15) is 0 Å². The number of nitrogens with one attached hydrogen (secondary N) is 1. The zero-order valence-electron chi connectivity index (χ0n) is 27.1. The van der Waals surface area contributed by atoms with Crippen molar-refractivity contribution >= 4 is 46.6 Å². The summed E-state index contributed by atoms with van der Waals surface area (Å²) in [5.41, 5.74) is 4.83. The number of aryl methyl sites for hydroxylation is 3. The van der Waals surface area contributed by atoms with Crippen LogP contribution in [0.25, 0.3) is 0 Å². The second kappa shape index (κ2) is 13.9. The van der Waals surface area contributed by atoms with Crippen molar-refractivity contribution in [3.63, 3.8) is 0 Å². The number of fused-ring (bicyclic) bond motifs is 1. The monoisotopic (exact) mass is 619 g/mol. The summed E-state index contributed by atoms with van der Waals surface area (Å²) in [5.74, 6) is -0.755. The molecule has 1 unspecified atom stereocenters. The Labute approximate surface area is 268 Å². The number of benzene rings is 4. The van der Waals surface area contributed by atoms with Gasteiger partial charge in [0.15, 0.2) is 0 Å². The summed E-state index contributed by atoms with van der Waals surface area (Å²) in [4.78, 5) is 40.5. The predicted molar refractivity (Wildman–Crippen MR) is 188 cm³/mol. The third-order valence-electron chi connectivity index (χ3n) is 9.07. The molecule has 1 N–H and O–H groups in total. The fourth-order valence-corrected chi connectivity index (χ4v) is 10.6. The lowest BCUT2D eigenvalue weighted by Crippen LogP contribution is -2.37. The Bertz CT molecular complexity index is 1570. The molecule has 0 bridgehead atoms. The first-order valence-corrected chi connectivity index (χ1v) is 18.0.